The molecular weight excluding hydrogens is 567 g/mol. The lowest BCUT2D eigenvalue weighted by Gasteiger charge is -2.44. The zero-order valence-electron chi connectivity index (χ0n) is 26.7. The Morgan fingerprint density at radius 1 is 0.574 bits per heavy atom. The lowest BCUT2D eigenvalue weighted by atomic mass is 9.33. The standard InChI is InChI=1S/C44H35BN2/c1-28-11-9-18-39-42(28)45-37-16-7-8-17-38(37)46(31-12-3-2-4-13-31)40-19-10-20-41(43(40)45)47(39)32-23-24-34-33-14-5-6-15-35(33)44(36(34)26-32)27-29-21-22-30(44)25-29/h2-20,23-24,26,29-30H,21-22,25,27H2,1H3/t29-,30+,44+/m0/s1. The molecule has 3 aliphatic carbocycles. The van der Waals surface area contributed by atoms with Gasteiger partial charge in [-0.2, -0.15) is 0 Å². The van der Waals surface area contributed by atoms with Gasteiger partial charge in [-0.1, -0.05) is 96.9 Å². The molecule has 0 unspecified atom stereocenters. The molecule has 2 saturated carbocycles. The van der Waals surface area contributed by atoms with E-state index >= 15 is 0 Å². The molecule has 2 heterocycles. The SMILES string of the molecule is Cc1cccc2c1B1c3ccccc3N(c3ccccc3)c3cccc(c31)N2c1ccc2c(c1)[C@@]1(C[C@H]3CC[C@@H]1C3)c1ccccc1-2. The van der Waals surface area contributed by atoms with E-state index in [1.807, 2.05) is 0 Å². The summed E-state index contributed by atoms with van der Waals surface area (Å²) in [6, 6.07) is 50.6. The molecule has 0 aromatic heterocycles. The minimum atomic E-state index is 0.151. The first kappa shape index (κ1) is 26.1. The van der Waals surface area contributed by atoms with Crippen LogP contribution in [0, 0.1) is 18.8 Å². The lowest BCUT2D eigenvalue weighted by Crippen LogP contribution is -2.62. The van der Waals surface area contributed by atoms with E-state index in [9.17, 15) is 0 Å². The molecule has 1 spiro atoms. The van der Waals surface area contributed by atoms with Crippen LogP contribution < -0.4 is 26.2 Å². The first-order chi connectivity index (χ1) is 23.2. The maximum Gasteiger partial charge on any atom is 0.252 e. The molecule has 11 rings (SSSR count). The van der Waals surface area contributed by atoms with E-state index in [0.717, 1.165) is 11.8 Å². The van der Waals surface area contributed by atoms with Gasteiger partial charge in [-0.15, -0.1) is 0 Å². The third-order valence-electron chi connectivity index (χ3n) is 12.5. The summed E-state index contributed by atoms with van der Waals surface area (Å²) in [6.45, 7) is 2.47. The fraction of sp³-hybridized carbons (Fsp3) is 0.182. The summed E-state index contributed by atoms with van der Waals surface area (Å²) in [5, 5.41) is 0. The van der Waals surface area contributed by atoms with Crippen LogP contribution in [0.3, 0.4) is 0 Å². The third kappa shape index (κ3) is 3.27. The van der Waals surface area contributed by atoms with Crippen LogP contribution >= 0.6 is 0 Å². The highest BCUT2D eigenvalue weighted by molar-refractivity contribution is 7.00. The summed E-state index contributed by atoms with van der Waals surface area (Å²) in [6.07, 6.45) is 5.44. The van der Waals surface area contributed by atoms with E-state index in [4.69, 9.17) is 0 Å². The van der Waals surface area contributed by atoms with Crippen LogP contribution in [0.25, 0.3) is 11.1 Å². The second-order valence-electron chi connectivity index (χ2n) is 14.5. The molecule has 0 N–H and O–H groups in total. The highest BCUT2D eigenvalue weighted by atomic mass is 15.2. The second kappa shape index (κ2) is 9.29. The van der Waals surface area contributed by atoms with Crippen LogP contribution in [0.1, 0.15) is 42.4 Å². The van der Waals surface area contributed by atoms with Gasteiger partial charge in [-0.25, -0.2) is 0 Å². The van der Waals surface area contributed by atoms with Crippen molar-refractivity contribution in [3.63, 3.8) is 0 Å². The predicted octanol–water partition coefficient (Wildman–Crippen LogP) is 9.16. The van der Waals surface area contributed by atoms with E-state index in [-0.39, 0.29) is 12.1 Å². The topological polar surface area (TPSA) is 6.48 Å². The Balaban J connectivity index is 1.18. The number of hydrogen-bond donors (Lipinski definition) is 0. The van der Waals surface area contributed by atoms with Crippen molar-refractivity contribution < 1.29 is 0 Å². The van der Waals surface area contributed by atoms with E-state index in [2.05, 4.69) is 150 Å². The molecule has 3 heteroatoms. The fourth-order valence-electron chi connectivity index (χ4n) is 10.8. The van der Waals surface area contributed by atoms with Gasteiger partial charge in [-0.3, -0.25) is 0 Å². The molecule has 0 amide bonds. The minimum absolute atomic E-state index is 0.151. The summed E-state index contributed by atoms with van der Waals surface area (Å²) in [5.74, 6) is 1.60. The van der Waals surface area contributed by atoms with E-state index in [1.165, 1.54) is 92.9 Å². The number of rotatable bonds is 2. The first-order valence-corrected chi connectivity index (χ1v) is 17.4. The van der Waals surface area contributed by atoms with Crippen molar-refractivity contribution in [2.24, 2.45) is 11.8 Å². The third-order valence-corrected chi connectivity index (χ3v) is 12.5. The normalized spacial score (nSPS) is 22.2. The molecule has 2 fully saturated rings. The van der Waals surface area contributed by atoms with Crippen LogP contribution in [0.15, 0.2) is 133 Å². The number of anilines is 6. The molecule has 3 atom stereocenters. The highest BCUT2D eigenvalue weighted by Gasteiger charge is 2.57. The number of para-hydroxylation sites is 2. The van der Waals surface area contributed by atoms with Crippen molar-refractivity contribution in [3.8, 4) is 11.1 Å². The van der Waals surface area contributed by atoms with E-state index < -0.39 is 0 Å². The van der Waals surface area contributed by atoms with Crippen LogP contribution in [0.5, 0.6) is 0 Å². The number of aryl methyl sites for hydroxylation is 1. The van der Waals surface area contributed by atoms with Crippen molar-refractivity contribution in [2.45, 2.75) is 38.0 Å². The Kier molecular flexibility index (Phi) is 5.16. The van der Waals surface area contributed by atoms with Crippen molar-refractivity contribution in [3.05, 3.63) is 150 Å². The van der Waals surface area contributed by atoms with Crippen molar-refractivity contribution >= 4 is 57.2 Å². The van der Waals surface area contributed by atoms with Crippen molar-refractivity contribution in [2.75, 3.05) is 9.80 Å². The zero-order chi connectivity index (χ0) is 30.9. The number of nitrogens with zero attached hydrogens (tertiary/aromatic N) is 2. The lowest BCUT2D eigenvalue weighted by molar-refractivity contribution is 0.327. The molecular formula is C44H35BN2. The Morgan fingerprint density at radius 2 is 1.26 bits per heavy atom. The summed E-state index contributed by atoms with van der Waals surface area (Å²) in [4.78, 5) is 5.08. The van der Waals surface area contributed by atoms with Gasteiger partial charge in [0.25, 0.3) is 6.71 Å². The summed E-state index contributed by atoms with van der Waals surface area (Å²) in [7, 11) is 0. The maximum absolute atomic E-state index is 2.60. The fourth-order valence-corrected chi connectivity index (χ4v) is 10.8. The first-order valence-electron chi connectivity index (χ1n) is 17.4. The van der Waals surface area contributed by atoms with Crippen LogP contribution in [0.2, 0.25) is 0 Å². The molecule has 6 aromatic carbocycles. The molecule has 47 heavy (non-hydrogen) atoms. The van der Waals surface area contributed by atoms with Gasteiger partial charge in [0.15, 0.2) is 0 Å². The molecule has 5 aliphatic rings. The Bertz CT molecular complexity index is 2270. The van der Waals surface area contributed by atoms with Crippen LogP contribution in [-0.4, -0.2) is 6.71 Å². The van der Waals surface area contributed by atoms with Crippen molar-refractivity contribution in [1.29, 1.82) is 0 Å². The molecule has 224 valence electrons. The summed E-state index contributed by atoms with van der Waals surface area (Å²) < 4.78 is 0. The Morgan fingerprint density at radius 3 is 2.06 bits per heavy atom. The number of hydrogen-bond acceptors (Lipinski definition) is 2. The van der Waals surface area contributed by atoms with Gasteiger partial charge in [0.2, 0.25) is 0 Å². The average Bonchev–Trinajstić information content (AvgIpc) is 3.81. The van der Waals surface area contributed by atoms with Gasteiger partial charge in [-0.05, 0) is 125 Å². The number of fused-ring (bicyclic) bond motifs is 12. The summed E-state index contributed by atoms with van der Waals surface area (Å²) >= 11 is 0. The molecule has 2 bridgehead atoms. The minimum Gasteiger partial charge on any atom is -0.311 e. The van der Waals surface area contributed by atoms with Crippen LogP contribution in [0.4, 0.5) is 34.1 Å². The summed E-state index contributed by atoms with van der Waals surface area (Å²) in [5.41, 5.74) is 19.4. The second-order valence-corrected chi connectivity index (χ2v) is 14.5. The van der Waals surface area contributed by atoms with E-state index in [0.29, 0.717) is 0 Å². The molecule has 0 radical (unpaired) electrons. The van der Waals surface area contributed by atoms with Gasteiger partial charge >= 0.3 is 0 Å². The molecule has 0 saturated heterocycles. The molecule has 2 aliphatic heterocycles. The zero-order valence-corrected chi connectivity index (χ0v) is 26.7. The number of benzene rings is 6. The molecule has 6 aromatic rings. The maximum atomic E-state index is 2.60. The van der Waals surface area contributed by atoms with Gasteiger partial charge in [0, 0.05) is 39.5 Å². The van der Waals surface area contributed by atoms with Crippen molar-refractivity contribution in [1.82, 2.24) is 0 Å². The molecule has 2 nitrogen and oxygen atoms in total. The quantitative estimate of drug-likeness (QED) is 0.182. The van der Waals surface area contributed by atoms with Gasteiger partial charge < -0.3 is 9.80 Å². The smallest absolute Gasteiger partial charge is 0.252 e. The van der Waals surface area contributed by atoms with E-state index in [1.54, 1.807) is 11.1 Å². The Labute approximate surface area is 277 Å². The largest absolute Gasteiger partial charge is 0.311 e. The highest BCUT2D eigenvalue weighted by Crippen LogP contribution is 2.66. The predicted molar refractivity (Wildman–Crippen MR) is 197 cm³/mol. The average molecular weight is 603 g/mol. The Hall–Kier alpha value is -5.02. The van der Waals surface area contributed by atoms with Gasteiger partial charge in [0.1, 0.15) is 0 Å². The van der Waals surface area contributed by atoms with Gasteiger partial charge in [0.05, 0.1) is 0 Å². The monoisotopic (exact) mass is 602 g/mol. The van der Waals surface area contributed by atoms with Crippen LogP contribution in [-0.2, 0) is 5.41 Å².